The van der Waals surface area contributed by atoms with Crippen molar-refractivity contribution in [1.29, 1.82) is 0 Å². The van der Waals surface area contributed by atoms with E-state index < -0.39 is 0 Å². The second-order valence-electron chi connectivity index (χ2n) is 6.27. The third kappa shape index (κ3) is 4.49. The number of aromatic nitrogens is 1. The van der Waals surface area contributed by atoms with Gasteiger partial charge >= 0.3 is 0 Å². The Labute approximate surface area is 163 Å². The second-order valence-corrected chi connectivity index (χ2v) is 6.71. The number of halogens is 1. The minimum atomic E-state index is -0.0620. The summed E-state index contributed by atoms with van der Waals surface area (Å²) in [4.78, 5) is 18.8. The van der Waals surface area contributed by atoms with E-state index >= 15 is 0 Å². The van der Waals surface area contributed by atoms with Crippen LogP contribution < -0.4 is 4.74 Å². The molecule has 0 saturated carbocycles. The maximum Gasteiger partial charge on any atom is 0.228 e. The van der Waals surface area contributed by atoms with Crippen molar-refractivity contribution in [3.8, 4) is 17.2 Å². The molecule has 1 aromatic heterocycles. The molecule has 0 N–H and O–H groups in total. The third-order valence-electron chi connectivity index (χ3n) is 4.31. The molecule has 0 bridgehead atoms. The van der Waals surface area contributed by atoms with E-state index in [9.17, 15) is 4.79 Å². The first-order valence-electron chi connectivity index (χ1n) is 8.56. The lowest BCUT2D eigenvalue weighted by molar-refractivity contribution is -0.129. The number of oxazole rings is 1. The summed E-state index contributed by atoms with van der Waals surface area (Å²) in [5.74, 6) is 1.81. The Hall–Kier alpha value is -2.79. The van der Waals surface area contributed by atoms with Crippen molar-refractivity contribution < 1.29 is 13.9 Å². The Bertz CT molecular complexity index is 938. The largest absolute Gasteiger partial charge is 0.496 e. The summed E-state index contributed by atoms with van der Waals surface area (Å²) in [6.45, 7) is 2.22. The molecule has 0 aliphatic carbocycles. The van der Waals surface area contributed by atoms with Crippen LogP contribution in [-0.4, -0.2) is 29.9 Å². The Kier molecular flexibility index (Phi) is 5.81. The van der Waals surface area contributed by atoms with Gasteiger partial charge in [-0.3, -0.25) is 4.79 Å². The Morgan fingerprint density at radius 1 is 1.22 bits per heavy atom. The number of amides is 1. The first kappa shape index (κ1) is 19.0. The van der Waals surface area contributed by atoms with E-state index in [-0.39, 0.29) is 12.3 Å². The fourth-order valence-electron chi connectivity index (χ4n) is 2.79. The number of hydrogen-bond acceptors (Lipinski definition) is 4. The fourth-order valence-corrected chi connectivity index (χ4v) is 2.98. The highest BCUT2D eigenvalue weighted by Crippen LogP contribution is 2.25. The van der Waals surface area contributed by atoms with Gasteiger partial charge in [0.2, 0.25) is 11.8 Å². The average molecular weight is 385 g/mol. The molecular formula is C21H21ClN2O3. The van der Waals surface area contributed by atoms with E-state index in [1.165, 1.54) is 0 Å². The molecule has 5 nitrogen and oxygen atoms in total. The van der Waals surface area contributed by atoms with Gasteiger partial charge in [-0.1, -0.05) is 29.8 Å². The topological polar surface area (TPSA) is 55.6 Å². The molecule has 0 aliphatic heterocycles. The number of ether oxygens (including phenoxy) is 1. The minimum Gasteiger partial charge on any atom is -0.496 e. The molecule has 1 amide bonds. The lowest BCUT2D eigenvalue weighted by Gasteiger charge is -2.18. The van der Waals surface area contributed by atoms with Crippen LogP contribution in [-0.2, 0) is 17.8 Å². The SMILES string of the molecule is COc1ccc(Cl)cc1CN(C)C(=O)Cc1nc(-c2ccccc2)oc1C. The van der Waals surface area contributed by atoms with E-state index in [0.29, 0.717) is 34.7 Å². The van der Waals surface area contributed by atoms with Crippen LogP contribution >= 0.6 is 11.6 Å². The summed E-state index contributed by atoms with van der Waals surface area (Å²) >= 11 is 6.07. The van der Waals surface area contributed by atoms with E-state index in [1.807, 2.05) is 37.3 Å². The number of rotatable bonds is 6. The van der Waals surface area contributed by atoms with Crippen LogP contribution in [0.25, 0.3) is 11.5 Å². The predicted octanol–water partition coefficient (Wildman–Crippen LogP) is 4.51. The number of methoxy groups -OCH3 is 1. The van der Waals surface area contributed by atoms with Crippen LogP contribution in [0.3, 0.4) is 0 Å². The lowest BCUT2D eigenvalue weighted by Crippen LogP contribution is -2.28. The molecule has 3 aromatic rings. The van der Waals surface area contributed by atoms with Gasteiger partial charge in [-0.2, -0.15) is 0 Å². The van der Waals surface area contributed by atoms with Crippen molar-refractivity contribution >= 4 is 17.5 Å². The molecule has 0 unspecified atom stereocenters. The highest BCUT2D eigenvalue weighted by Gasteiger charge is 2.18. The molecule has 6 heteroatoms. The number of hydrogen-bond donors (Lipinski definition) is 0. The van der Waals surface area contributed by atoms with Gasteiger partial charge in [0.25, 0.3) is 0 Å². The number of carbonyl (C=O) groups is 1. The number of carbonyl (C=O) groups excluding carboxylic acids is 1. The Balaban J connectivity index is 1.72. The van der Waals surface area contributed by atoms with Gasteiger partial charge in [-0.15, -0.1) is 0 Å². The Morgan fingerprint density at radius 2 is 1.96 bits per heavy atom. The van der Waals surface area contributed by atoms with Gasteiger partial charge in [0, 0.05) is 29.7 Å². The summed E-state index contributed by atoms with van der Waals surface area (Å²) < 4.78 is 11.1. The number of nitrogens with zero attached hydrogens (tertiary/aromatic N) is 2. The summed E-state index contributed by atoms with van der Waals surface area (Å²) in [6.07, 6.45) is 0.168. The van der Waals surface area contributed by atoms with Gasteiger partial charge in [0.15, 0.2) is 0 Å². The van der Waals surface area contributed by atoms with E-state index in [2.05, 4.69) is 4.98 Å². The molecule has 0 saturated heterocycles. The molecule has 140 valence electrons. The van der Waals surface area contributed by atoms with Crippen molar-refractivity contribution in [2.24, 2.45) is 0 Å². The van der Waals surface area contributed by atoms with Crippen molar-refractivity contribution in [2.45, 2.75) is 19.9 Å². The van der Waals surface area contributed by atoms with Gasteiger partial charge in [-0.25, -0.2) is 4.98 Å². The molecule has 27 heavy (non-hydrogen) atoms. The highest BCUT2D eigenvalue weighted by molar-refractivity contribution is 6.30. The average Bonchev–Trinajstić information content (AvgIpc) is 3.03. The summed E-state index contributed by atoms with van der Waals surface area (Å²) in [5, 5.41) is 0.603. The normalized spacial score (nSPS) is 10.7. The van der Waals surface area contributed by atoms with Crippen LogP contribution in [0, 0.1) is 6.92 Å². The minimum absolute atomic E-state index is 0.0620. The molecular weight excluding hydrogens is 364 g/mol. The second kappa shape index (κ2) is 8.27. The maximum atomic E-state index is 12.7. The number of benzene rings is 2. The number of likely N-dealkylation sites (N-methyl/N-ethyl adjacent to an activating group) is 1. The molecule has 0 spiro atoms. The van der Waals surface area contributed by atoms with E-state index in [0.717, 1.165) is 11.1 Å². The number of aryl methyl sites for hydroxylation is 1. The monoisotopic (exact) mass is 384 g/mol. The maximum absolute atomic E-state index is 12.7. The van der Waals surface area contributed by atoms with Crippen LogP contribution in [0.15, 0.2) is 52.9 Å². The van der Waals surface area contributed by atoms with Crippen molar-refractivity contribution in [3.05, 3.63) is 70.6 Å². The Morgan fingerprint density at radius 3 is 2.67 bits per heavy atom. The van der Waals surface area contributed by atoms with Crippen LogP contribution in [0.1, 0.15) is 17.0 Å². The third-order valence-corrected chi connectivity index (χ3v) is 4.54. The first-order chi connectivity index (χ1) is 13.0. The zero-order valence-corrected chi connectivity index (χ0v) is 16.3. The molecule has 1 heterocycles. The van der Waals surface area contributed by atoms with Gasteiger partial charge in [0.05, 0.1) is 19.2 Å². The molecule has 0 atom stereocenters. The van der Waals surface area contributed by atoms with E-state index in [1.54, 1.807) is 37.3 Å². The van der Waals surface area contributed by atoms with E-state index in [4.69, 9.17) is 20.8 Å². The molecule has 0 radical (unpaired) electrons. The first-order valence-corrected chi connectivity index (χ1v) is 8.94. The van der Waals surface area contributed by atoms with Gasteiger partial charge in [0.1, 0.15) is 11.5 Å². The zero-order valence-electron chi connectivity index (χ0n) is 15.5. The van der Waals surface area contributed by atoms with Crippen LogP contribution in [0.5, 0.6) is 5.75 Å². The standard InChI is InChI=1S/C21H21ClN2O3/c1-14-18(23-21(27-14)15-7-5-4-6-8-15)12-20(25)24(2)13-16-11-17(22)9-10-19(16)26-3/h4-11H,12-13H2,1-3H3. The van der Waals surface area contributed by atoms with Crippen molar-refractivity contribution in [3.63, 3.8) is 0 Å². The molecule has 2 aromatic carbocycles. The van der Waals surface area contributed by atoms with Gasteiger partial charge < -0.3 is 14.1 Å². The van der Waals surface area contributed by atoms with Crippen LogP contribution in [0.2, 0.25) is 5.02 Å². The smallest absolute Gasteiger partial charge is 0.228 e. The lowest BCUT2D eigenvalue weighted by atomic mass is 10.1. The summed E-state index contributed by atoms with van der Waals surface area (Å²) in [6, 6.07) is 15.0. The van der Waals surface area contributed by atoms with Crippen molar-refractivity contribution in [2.75, 3.05) is 14.2 Å². The summed E-state index contributed by atoms with van der Waals surface area (Å²) in [7, 11) is 3.34. The predicted molar refractivity (Wildman–Crippen MR) is 105 cm³/mol. The van der Waals surface area contributed by atoms with Crippen molar-refractivity contribution in [1.82, 2.24) is 9.88 Å². The van der Waals surface area contributed by atoms with Gasteiger partial charge in [-0.05, 0) is 37.3 Å². The molecule has 0 fully saturated rings. The highest BCUT2D eigenvalue weighted by atomic mass is 35.5. The molecule has 3 rings (SSSR count). The quantitative estimate of drug-likeness (QED) is 0.627. The molecule has 0 aliphatic rings. The van der Waals surface area contributed by atoms with Crippen LogP contribution in [0.4, 0.5) is 0 Å². The summed E-state index contributed by atoms with van der Waals surface area (Å²) in [5.41, 5.74) is 2.38. The fraction of sp³-hybridized carbons (Fsp3) is 0.238. The zero-order chi connectivity index (χ0) is 19.4.